The number of nitrogens with one attached hydrogen (secondary N) is 1. The average molecular weight is 191 g/mol. The summed E-state index contributed by atoms with van der Waals surface area (Å²) >= 11 is 0. The molecule has 0 aliphatic heterocycles. The van der Waals surface area contributed by atoms with Gasteiger partial charge in [0.25, 0.3) is 0 Å². The molecule has 0 saturated carbocycles. The van der Waals surface area contributed by atoms with Crippen LogP contribution in [0.15, 0.2) is 29.0 Å². The van der Waals surface area contributed by atoms with Crippen molar-refractivity contribution in [3.05, 3.63) is 30.3 Å². The molecule has 14 heavy (non-hydrogen) atoms. The van der Waals surface area contributed by atoms with Crippen LogP contribution in [0.2, 0.25) is 0 Å². The second-order valence-electron chi connectivity index (χ2n) is 2.64. The molecule has 2 heterocycles. The zero-order valence-electron chi connectivity index (χ0n) is 7.34. The van der Waals surface area contributed by atoms with Gasteiger partial charge in [-0.2, -0.15) is 4.98 Å². The van der Waals surface area contributed by atoms with Gasteiger partial charge in [-0.1, -0.05) is 5.16 Å². The van der Waals surface area contributed by atoms with Crippen molar-refractivity contribution in [3.63, 3.8) is 0 Å². The van der Waals surface area contributed by atoms with Gasteiger partial charge in [-0.3, -0.25) is 0 Å². The lowest BCUT2D eigenvalue weighted by molar-refractivity contribution is 0.388. The van der Waals surface area contributed by atoms with Gasteiger partial charge in [0.1, 0.15) is 5.82 Å². The van der Waals surface area contributed by atoms with E-state index >= 15 is 0 Å². The van der Waals surface area contributed by atoms with E-state index in [-0.39, 0.29) is 0 Å². The fourth-order valence-electron chi connectivity index (χ4n) is 0.957. The largest absolute Gasteiger partial charge is 0.384 e. The monoisotopic (exact) mass is 191 g/mol. The minimum absolute atomic E-state index is 0.431. The van der Waals surface area contributed by atoms with Crippen molar-refractivity contribution in [1.29, 1.82) is 0 Å². The minimum Gasteiger partial charge on any atom is -0.384 e. The Morgan fingerprint density at radius 2 is 2.29 bits per heavy atom. The molecule has 2 rings (SSSR count). The first kappa shape index (κ1) is 8.49. The van der Waals surface area contributed by atoms with E-state index in [2.05, 4.69) is 20.4 Å². The Morgan fingerprint density at radius 1 is 1.36 bits per heavy atom. The first-order valence-corrected chi connectivity index (χ1v) is 4.06. The number of nitrogen functional groups attached to an aromatic ring is 1. The second kappa shape index (κ2) is 3.73. The molecule has 0 saturated heterocycles. The smallest absolute Gasteiger partial charge is 0.224 e. The molecule has 0 fully saturated rings. The molecule has 0 aliphatic carbocycles. The van der Waals surface area contributed by atoms with Crippen molar-refractivity contribution >= 4 is 11.8 Å². The van der Waals surface area contributed by atoms with Gasteiger partial charge in [0, 0.05) is 12.3 Å². The van der Waals surface area contributed by atoms with Crippen LogP contribution in [0.4, 0.5) is 11.8 Å². The van der Waals surface area contributed by atoms with Crippen LogP contribution in [0, 0.1) is 0 Å². The Labute approximate surface area is 80.1 Å². The fraction of sp³-hybridized carbons (Fsp3) is 0.125. The molecule has 2 aromatic rings. The quantitative estimate of drug-likeness (QED) is 0.740. The van der Waals surface area contributed by atoms with E-state index in [1.165, 1.54) is 0 Å². The van der Waals surface area contributed by atoms with Crippen LogP contribution >= 0.6 is 0 Å². The number of aromatic nitrogens is 3. The Kier molecular flexibility index (Phi) is 2.26. The summed E-state index contributed by atoms with van der Waals surface area (Å²) < 4.78 is 4.89. The number of nitrogens with zero attached hydrogens (tertiary/aromatic N) is 3. The molecule has 2 aromatic heterocycles. The number of hydrogen-bond donors (Lipinski definition) is 2. The number of hydrogen-bond acceptors (Lipinski definition) is 6. The highest BCUT2D eigenvalue weighted by molar-refractivity contribution is 5.35. The predicted octanol–water partition coefficient (Wildman–Crippen LogP) is 0.659. The molecule has 0 amide bonds. The topological polar surface area (TPSA) is 89.9 Å². The number of anilines is 2. The fourth-order valence-corrected chi connectivity index (χ4v) is 0.957. The van der Waals surface area contributed by atoms with Crippen molar-refractivity contribution in [2.24, 2.45) is 0 Å². The van der Waals surface area contributed by atoms with Gasteiger partial charge in [-0.25, -0.2) is 4.98 Å². The van der Waals surface area contributed by atoms with Gasteiger partial charge >= 0.3 is 0 Å². The first-order chi connectivity index (χ1) is 6.84. The third kappa shape index (κ3) is 1.98. The molecule has 6 heteroatoms. The summed E-state index contributed by atoms with van der Waals surface area (Å²) in [4.78, 5) is 7.94. The average Bonchev–Trinajstić information content (AvgIpc) is 2.67. The van der Waals surface area contributed by atoms with Gasteiger partial charge in [0.2, 0.25) is 5.95 Å². The van der Waals surface area contributed by atoms with Gasteiger partial charge < -0.3 is 15.6 Å². The molecule has 0 spiro atoms. The number of rotatable bonds is 3. The van der Waals surface area contributed by atoms with Crippen molar-refractivity contribution in [2.45, 2.75) is 6.54 Å². The molecule has 0 radical (unpaired) electrons. The lowest BCUT2D eigenvalue weighted by atomic mass is 10.4. The van der Waals surface area contributed by atoms with E-state index in [4.69, 9.17) is 10.3 Å². The van der Waals surface area contributed by atoms with Gasteiger partial charge in [0.15, 0.2) is 5.76 Å². The summed E-state index contributed by atoms with van der Waals surface area (Å²) in [6.07, 6.45) is 3.17. The highest BCUT2D eigenvalue weighted by atomic mass is 16.5. The summed E-state index contributed by atoms with van der Waals surface area (Å²) in [5, 5.41) is 6.52. The van der Waals surface area contributed by atoms with Crippen LogP contribution in [0.5, 0.6) is 0 Å². The summed E-state index contributed by atoms with van der Waals surface area (Å²) in [6, 6.07) is 3.39. The van der Waals surface area contributed by atoms with Gasteiger partial charge in [0.05, 0.1) is 12.7 Å². The molecule has 0 bridgehead atoms. The van der Waals surface area contributed by atoms with E-state index in [1.54, 1.807) is 24.5 Å². The molecule has 0 aromatic carbocycles. The van der Waals surface area contributed by atoms with E-state index in [0.717, 1.165) is 5.76 Å². The Bertz CT molecular complexity index is 400. The zero-order valence-corrected chi connectivity index (χ0v) is 7.34. The molecule has 0 unspecified atom stereocenters. The second-order valence-corrected chi connectivity index (χ2v) is 2.64. The minimum atomic E-state index is 0.431. The normalized spacial score (nSPS) is 10.0. The molecular formula is C8H9N5O. The molecular weight excluding hydrogens is 182 g/mol. The van der Waals surface area contributed by atoms with Crippen LogP contribution in [-0.4, -0.2) is 15.1 Å². The third-order valence-electron chi connectivity index (χ3n) is 1.59. The van der Waals surface area contributed by atoms with Crippen molar-refractivity contribution < 1.29 is 4.52 Å². The van der Waals surface area contributed by atoms with E-state index < -0.39 is 0 Å². The molecule has 0 aliphatic rings. The molecule has 0 atom stereocenters. The maximum absolute atomic E-state index is 5.48. The van der Waals surface area contributed by atoms with Crippen LogP contribution < -0.4 is 11.1 Å². The summed E-state index contributed by atoms with van der Waals surface area (Å²) in [5.41, 5.74) is 5.48. The first-order valence-electron chi connectivity index (χ1n) is 4.06. The Hall–Kier alpha value is -2.11. The number of nitrogens with two attached hydrogens (primary N) is 1. The standard InChI is InChI=1S/C8H9N5O/c9-7-2-3-10-8(13-7)11-5-6-1-4-12-14-6/h1-4H,5H2,(H3,9,10,11,13). The highest BCUT2D eigenvalue weighted by Crippen LogP contribution is 2.04. The van der Waals surface area contributed by atoms with Crippen LogP contribution in [0.3, 0.4) is 0 Å². The maximum Gasteiger partial charge on any atom is 0.224 e. The van der Waals surface area contributed by atoms with E-state index in [0.29, 0.717) is 18.3 Å². The summed E-state index contributed by atoms with van der Waals surface area (Å²) in [6.45, 7) is 0.490. The Balaban J connectivity index is 1.98. The zero-order chi connectivity index (χ0) is 9.80. The maximum atomic E-state index is 5.48. The molecule has 6 nitrogen and oxygen atoms in total. The van der Waals surface area contributed by atoms with E-state index in [1.807, 2.05) is 0 Å². The molecule has 3 N–H and O–H groups in total. The van der Waals surface area contributed by atoms with Crippen molar-refractivity contribution in [3.8, 4) is 0 Å². The predicted molar refractivity (Wildman–Crippen MR) is 50.3 cm³/mol. The van der Waals surface area contributed by atoms with Gasteiger partial charge in [-0.15, -0.1) is 0 Å². The van der Waals surface area contributed by atoms with Crippen molar-refractivity contribution in [1.82, 2.24) is 15.1 Å². The van der Waals surface area contributed by atoms with E-state index in [9.17, 15) is 0 Å². The Morgan fingerprint density at radius 3 is 3.00 bits per heavy atom. The SMILES string of the molecule is Nc1ccnc(NCc2ccno2)n1. The van der Waals surface area contributed by atoms with Crippen LogP contribution in [0.1, 0.15) is 5.76 Å². The lowest BCUT2D eigenvalue weighted by Gasteiger charge is -2.01. The summed E-state index contributed by atoms with van der Waals surface area (Å²) in [5.74, 6) is 1.62. The highest BCUT2D eigenvalue weighted by Gasteiger charge is 1.99. The lowest BCUT2D eigenvalue weighted by Crippen LogP contribution is -2.03. The summed E-state index contributed by atoms with van der Waals surface area (Å²) in [7, 11) is 0. The van der Waals surface area contributed by atoms with Crippen LogP contribution in [-0.2, 0) is 6.54 Å². The van der Waals surface area contributed by atoms with Crippen molar-refractivity contribution in [2.75, 3.05) is 11.1 Å². The third-order valence-corrected chi connectivity index (χ3v) is 1.59. The van der Waals surface area contributed by atoms with Gasteiger partial charge in [-0.05, 0) is 6.07 Å². The molecule has 72 valence electrons. The van der Waals surface area contributed by atoms with Crippen LogP contribution in [0.25, 0.3) is 0 Å².